The fourth-order valence-electron chi connectivity index (χ4n) is 0.128. The van der Waals surface area contributed by atoms with E-state index in [4.69, 9.17) is 15.5 Å². The minimum atomic E-state index is 0. The molecule has 0 nitrogen and oxygen atoms in total. The van der Waals surface area contributed by atoms with Crippen LogP contribution in [0.5, 0.6) is 0 Å². The zero-order valence-electron chi connectivity index (χ0n) is 4.54. The van der Waals surface area contributed by atoms with Gasteiger partial charge in [0.1, 0.15) is 0 Å². The van der Waals surface area contributed by atoms with E-state index in [1.807, 2.05) is 0 Å². The molecule has 0 amide bonds. The normalized spacial score (nSPS) is 4.50. The van der Waals surface area contributed by atoms with Crippen LogP contribution in [0.4, 0.5) is 0 Å². The summed E-state index contributed by atoms with van der Waals surface area (Å²) in [5.41, 5.74) is 0. The number of rotatable bonds is 3. The third kappa shape index (κ3) is 16.0. The van der Waals surface area contributed by atoms with Crippen LogP contribution in [0.1, 0.15) is 0 Å². The SMILES string of the molecule is [B][B][B][B][B][B].[Ce].[La]. The number of hydrogen-bond donors (Lipinski definition) is 0. The Hall–Kier alpha value is 2.96. The summed E-state index contributed by atoms with van der Waals surface area (Å²) in [4.78, 5) is 0. The van der Waals surface area contributed by atoms with Crippen molar-refractivity contribution in [3.8, 4) is 0 Å². The monoisotopic (exact) mass is 345 g/mol. The van der Waals surface area contributed by atoms with Crippen molar-refractivity contribution in [1.29, 1.82) is 0 Å². The van der Waals surface area contributed by atoms with Crippen molar-refractivity contribution in [2.45, 2.75) is 0 Å². The molecule has 0 unspecified atom stereocenters. The number of hydrogen-bond acceptors (Lipinski definition) is 0. The molecule has 0 bridgehead atoms. The molecule has 8 heteroatoms. The third-order valence-corrected chi connectivity index (χ3v) is 0.333. The first-order valence-corrected chi connectivity index (χ1v) is 1.67. The van der Waals surface area contributed by atoms with E-state index in [0.29, 0.717) is 0 Å². The molecule has 0 saturated heterocycles. The Morgan fingerprint density at radius 3 is 1.25 bits per heavy atom. The van der Waals surface area contributed by atoms with E-state index in [2.05, 4.69) is 0 Å². The summed E-state index contributed by atoms with van der Waals surface area (Å²) in [6.45, 7) is 0. The molecule has 0 N–H and O–H groups in total. The van der Waals surface area contributed by atoms with E-state index < -0.39 is 0 Å². The van der Waals surface area contributed by atoms with Crippen molar-refractivity contribution < 1.29 is 77.3 Å². The molecule has 8 heavy (non-hydrogen) atoms. The molecule has 0 aliphatic heterocycles. The first kappa shape index (κ1) is 17.2. The van der Waals surface area contributed by atoms with Crippen LogP contribution in [0.25, 0.3) is 0 Å². The molecule has 0 aromatic heterocycles. The summed E-state index contributed by atoms with van der Waals surface area (Å²) in [6.07, 6.45) is 0. The molecule has 9 radical (unpaired) electrons. The molecule has 0 aliphatic rings. The van der Waals surface area contributed by atoms with Gasteiger partial charge in [0.15, 0.2) is 0 Å². The van der Waals surface area contributed by atoms with Crippen LogP contribution in [-0.4, -0.2) is 43.7 Å². The van der Waals surface area contributed by atoms with Gasteiger partial charge in [-0.3, -0.25) is 0 Å². The smallest absolute Gasteiger partial charge is 0 e. The maximum absolute atomic E-state index is 4.93. The summed E-state index contributed by atoms with van der Waals surface area (Å²) in [6, 6.07) is 0. The molecule has 0 fully saturated rings. The van der Waals surface area contributed by atoms with Crippen molar-refractivity contribution in [3.05, 3.63) is 0 Å². The Morgan fingerprint density at radius 2 is 1.12 bits per heavy atom. The maximum Gasteiger partial charge on any atom is 0 e. The standard InChI is InChI=1S/B6.Ce.La/c1-3-5-6-4-2;;. The fraction of sp³-hybridized carbons (Fsp3) is 0. The summed E-state index contributed by atoms with van der Waals surface area (Å²) >= 11 is 0. The molecule has 0 rings (SSSR count). The zero-order chi connectivity index (χ0) is 4.83. The first-order chi connectivity index (χ1) is 2.91. The largest absolute Gasteiger partial charge is 0 e. The quantitative estimate of drug-likeness (QED) is 0.400. The van der Waals surface area contributed by atoms with Crippen molar-refractivity contribution in [3.63, 3.8) is 0 Å². The molecule has 0 spiro atoms. The Morgan fingerprint density at radius 1 is 0.875 bits per heavy atom. The summed E-state index contributed by atoms with van der Waals surface area (Å²) in [7, 11) is 16.0. The topological polar surface area (TPSA) is 0 Å². The Balaban J connectivity index is -0.000000125. The van der Waals surface area contributed by atoms with Crippen LogP contribution in [0.2, 0.25) is 0 Å². The summed E-state index contributed by atoms with van der Waals surface area (Å²) in [5.74, 6) is 0. The van der Waals surface area contributed by atoms with Gasteiger partial charge in [-0.15, -0.1) is 0 Å². The molecule has 0 saturated carbocycles. The van der Waals surface area contributed by atoms with Crippen LogP contribution in [0.3, 0.4) is 0 Å². The van der Waals surface area contributed by atoms with Gasteiger partial charge in [-0.2, -0.15) is 0 Å². The van der Waals surface area contributed by atoms with Crippen LogP contribution in [0, 0.1) is 77.3 Å². The van der Waals surface area contributed by atoms with Gasteiger partial charge < -0.3 is 0 Å². The van der Waals surface area contributed by atoms with Crippen LogP contribution < -0.4 is 0 Å². The van der Waals surface area contributed by atoms with Crippen molar-refractivity contribution in [1.82, 2.24) is 0 Å². The van der Waals surface area contributed by atoms with Crippen molar-refractivity contribution >= 4 is 43.7 Å². The van der Waals surface area contributed by atoms with Gasteiger partial charge in [0.2, 0.25) is 0 Å². The second kappa shape index (κ2) is 16.5. The van der Waals surface area contributed by atoms with Crippen LogP contribution >= 0.6 is 0 Å². The van der Waals surface area contributed by atoms with Gasteiger partial charge in [-0.25, -0.2) is 0 Å². The van der Waals surface area contributed by atoms with E-state index in [0.717, 1.165) is 0 Å². The predicted octanol–water partition coefficient (Wildman–Crippen LogP) is -2.28. The summed E-state index contributed by atoms with van der Waals surface area (Å²) < 4.78 is 0. The van der Waals surface area contributed by atoms with E-state index in [9.17, 15) is 0 Å². The molecule has 0 atom stereocenters. The van der Waals surface area contributed by atoms with E-state index >= 15 is 0 Å². The van der Waals surface area contributed by atoms with Gasteiger partial charge >= 0.3 is 0 Å². The van der Waals surface area contributed by atoms with Crippen LogP contribution in [-0.2, 0) is 0 Å². The predicted molar refractivity (Wildman–Crippen MR) is 34.5 cm³/mol. The first-order valence-electron chi connectivity index (χ1n) is 1.67. The molecule has 0 aromatic carbocycles. The Bertz CT molecular complexity index is 20.5. The molecule has 25 valence electrons. The zero-order valence-corrected chi connectivity index (χ0v) is 11.3. The van der Waals surface area contributed by atoms with Gasteiger partial charge in [0, 0.05) is 121 Å². The Labute approximate surface area is 119 Å². The maximum atomic E-state index is 4.93. The van der Waals surface area contributed by atoms with Gasteiger partial charge in [-0.05, 0) is 0 Å². The minimum Gasteiger partial charge on any atom is 0 e. The van der Waals surface area contributed by atoms with Gasteiger partial charge in [0.05, 0.1) is 0 Å². The molecule has 0 aliphatic carbocycles. The fourth-order valence-corrected chi connectivity index (χ4v) is 0.128. The van der Waals surface area contributed by atoms with Crippen molar-refractivity contribution in [2.24, 2.45) is 0 Å². The van der Waals surface area contributed by atoms with E-state index in [1.54, 1.807) is 14.1 Å². The average molecular weight is 344 g/mol. The van der Waals surface area contributed by atoms with E-state index in [-0.39, 0.29) is 77.3 Å². The van der Waals surface area contributed by atoms with Gasteiger partial charge in [-0.1, -0.05) is 0 Å². The van der Waals surface area contributed by atoms with Crippen molar-refractivity contribution in [2.75, 3.05) is 0 Å². The Kier molecular flexibility index (Phi) is 35.4. The molecular formula is B6CeLa. The minimum absolute atomic E-state index is 0. The van der Waals surface area contributed by atoms with E-state index in [1.165, 1.54) is 14.1 Å². The average Bonchev–Trinajstić information content (AvgIpc) is 1.61. The molecular weight excluding hydrogens is 344 g/mol. The van der Waals surface area contributed by atoms with Gasteiger partial charge in [0.25, 0.3) is 0 Å². The third-order valence-electron chi connectivity index (χ3n) is 0.333. The van der Waals surface area contributed by atoms with Crippen LogP contribution in [0.15, 0.2) is 0 Å². The second-order valence-electron chi connectivity index (χ2n) is 0.770. The second-order valence-corrected chi connectivity index (χ2v) is 0.770. The molecule has 0 heterocycles. The summed E-state index contributed by atoms with van der Waals surface area (Å²) in [5, 5.41) is 0. The molecule has 0 aromatic rings.